The molecule has 0 aromatic heterocycles. The van der Waals surface area contributed by atoms with Gasteiger partial charge in [-0.15, -0.1) is 0 Å². The van der Waals surface area contributed by atoms with E-state index < -0.39 is 0 Å². The minimum absolute atomic E-state index is 0.00845. The van der Waals surface area contributed by atoms with Crippen LogP contribution in [0.3, 0.4) is 0 Å². The van der Waals surface area contributed by atoms with Crippen molar-refractivity contribution in [2.45, 2.75) is 38.3 Å². The quantitative estimate of drug-likeness (QED) is 0.874. The zero-order chi connectivity index (χ0) is 15.2. The monoisotopic (exact) mass is 289 g/mol. The van der Waals surface area contributed by atoms with Gasteiger partial charge < -0.3 is 16.0 Å². The van der Waals surface area contributed by atoms with Crippen LogP contribution in [0.1, 0.15) is 37.8 Å². The van der Waals surface area contributed by atoms with Gasteiger partial charge in [0.15, 0.2) is 0 Å². The SMILES string of the molecule is CC(=O)NC1CCN(C(=O)CC(N)c2ccccc2)CC1. The first-order chi connectivity index (χ1) is 10.1. The van der Waals surface area contributed by atoms with Gasteiger partial charge in [-0.1, -0.05) is 30.3 Å². The first-order valence-corrected chi connectivity index (χ1v) is 7.41. The molecule has 5 heteroatoms. The lowest BCUT2D eigenvalue weighted by atomic mass is 10.0. The smallest absolute Gasteiger partial charge is 0.224 e. The third-order valence-corrected chi connectivity index (χ3v) is 3.88. The topological polar surface area (TPSA) is 75.4 Å². The summed E-state index contributed by atoms with van der Waals surface area (Å²) in [7, 11) is 0. The predicted octanol–water partition coefficient (Wildman–Crippen LogP) is 1.20. The number of piperidine rings is 1. The molecule has 1 aromatic carbocycles. The average molecular weight is 289 g/mol. The molecule has 2 rings (SSSR count). The molecule has 1 atom stereocenters. The number of nitrogens with zero attached hydrogens (tertiary/aromatic N) is 1. The fraction of sp³-hybridized carbons (Fsp3) is 0.500. The summed E-state index contributed by atoms with van der Waals surface area (Å²) >= 11 is 0. The largest absolute Gasteiger partial charge is 0.353 e. The van der Waals surface area contributed by atoms with Gasteiger partial charge in [-0.2, -0.15) is 0 Å². The molecule has 114 valence electrons. The second-order valence-electron chi connectivity index (χ2n) is 5.58. The second kappa shape index (κ2) is 7.22. The zero-order valence-corrected chi connectivity index (χ0v) is 12.4. The summed E-state index contributed by atoms with van der Waals surface area (Å²) in [5.74, 6) is 0.0819. The van der Waals surface area contributed by atoms with Crippen LogP contribution >= 0.6 is 0 Å². The van der Waals surface area contributed by atoms with Crippen LogP contribution in [0.5, 0.6) is 0 Å². The van der Waals surface area contributed by atoms with Crippen molar-refractivity contribution in [2.75, 3.05) is 13.1 Å². The molecule has 1 saturated heterocycles. The summed E-state index contributed by atoms with van der Waals surface area (Å²) in [4.78, 5) is 25.1. The van der Waals surface area contributed by atoms with E-state index in [0.29, 0.717) is 19.5 Å². The predicted molar refractivity (Wildman–Crippen MR) is 81.4 cm³/mol. The third kappa shape index (κ3) is 4.56. The molecule has 2 amide bonds. The molecule has 1 unspecified atom stereocenters. The van der Waals surface area contributed by atoms with Crippen molar-refractivity contribution < 1.29 is 9.59 Å². The van der Waals surface area contributed by atoms with Gasteiger partial charge in [0.25, 0.3) is 0 Å². The van der Waals surface area contributed by atoms with Crippen LogP contribution in [0.4, 0.5) is 0 Å². The van der Waals surface area contributed by atoms with Crippen molar-refractivity contribution in [3.8, 4) is 0 Å². The number of hydrogen-bond donors (Lipinski definition) is 2. The average Bonchev–Trinajstić information content (AvgIpc) is 2.48. The van der Waals surface area contributed by atoms with Crippen molar-refractivity contribution in [2.24, 2.45) is 5.73 Å². The molecular formula is C16H23N3O2. The van der Waals surface area contributed by atoms with Crippen LogP contribution in [0.15, 0.2) is 30.3 Å². The molecule has 5 nitrogen and oxygen atoms in total. The Morgan fingerprint density at radius 2 is 1.90 bits per heavy atom. The Balaban J connectivity index is 1.81. The lowest BCUT2D eigenvalue weighted by Crippen LogP contribution is -2.46. The molecule has 0 radical (unpaired) electrons. The van der Waals surface area contributed by atoms with E-state index in [2.05, 4.69) is 5.32 Å². The van der Waals surface area contributed by atoms with E-state index in [1.807, 2.05) is 35.2 Å². The van der Waals surface area contributed by atoms with E-state index in [1.54, 1.807) is 0 Å². The van der Waals surface area contributed by atoms with Gasteiger partial charge in [0, 0.05) is 38.5 Å². The fourth-order valence-electron chi connectivity index (χ4n) is 2.70. The Morgan fingerprint density at radius 1 is 1.29 bits per heavy atom. The number of rotatable bonds is 4. The van der Waals surface area contributed by atoms with E-state index in [9.17, 15) is 9.59 Å². The van der Waals surface area contributed by atoms with Crippen molar-refractivity contribution in [3.63, 3.8) is 0 Å². The normalized spacial score (nSPS) is 17.3. The summed E-state index contributed by atoms with van der Waals surface area (Å²) in [6.07, 6.45) is 1.95. The van der Waals surface area contributed by atoms with E-state index in [1.165, 1.54) is 6.92 Å². The number of likely N-dealkylation sites (tertiary alicyclic amines) is 1. The molecule has 0 spiro atoms. The van der Waals surface area contributed by atoms with Crippen LogP contribution in [-0.4, -0.2) is 35.8 Å². The molecule has 21 heavy (non-hydrogen) atoms. The Morgan fingerprint density at radius 3 is 2.48 bits per heavy atom. The van der Waals surface area contributed by atoms with E-state index in [-0.39, 0.29) is 23.9 Å². The summed E-state index contributed by atoms with van der Waals surface area (Å²) < 4.78 is 0. The minimum Gasteiger partial charge on any atom is -0.353 e. The number of hydrogen-bond acceptors (Lipinski definition) is 3. The van der Waals surface area contributed by atoms with E-state index in [4.69, 9.17) is 5.73 Å². The van der Waals surface area contributed by atoms with Crippen molar-refractivity contribution in [3.05, 3.63) is 35.9 Å². The van der Waals surface area contributed by atoms with Crippen LogP contribution in [-0.2, 0) is 9.59 Å². The zero-order valence-electron chi connectivity index (χ0n) is 12.4. The molecule has 0 bridgehead atoms. The van der Waals surface area contributed by atoms with E-state index >= 15 is 0 Å². The molecule has 1 aliphatic rings. The number of benzene rings is 1. The van der Waals surface area contributed by atoms with Gasteiger partial charge in [0.1, 0.15) is 0 Å². The van der Waals surface area contributed by atoms with Crippen LogP contribution < -0.4 is 11.1 Å². The maximum atomic E-state index is 12.3. The molecule has 1 heterocycles. The Labute approximate surface area is 125 Å². The highest BCUT2D eigenvalue weighted by molar-refractivity contribution is 5.77. The molecule has 0 aliphatic carbocycles. The first kappa shape index (κ1) is 15.5. The molecule has 0 saturated carbocycles. The lowest BCUT2D eigenvalue weighted by Gasteiger charge is -2.32. The van der Waals surface area contributed by atoms with Gasteiger partial charge in [-0.3, -0.25) is 9.59 Å². The van der Waals surface area contributed by atoms with Gasteiger partial charge in [0.05, 0.1) is 0 Å². The summed E-state index contributed by atoms with van der Waals surface area (Å²) in [6, 6.07) is 9.62. The maximum absolute atomic E-state index is 12.3. The van der Waals surface area contributed by atoms with Crippen molar-refractivity contribution in [1.82, 2.24) is 10.2 Å². The molecule has 1 aliphatic heterocycles. The highest BCUT2D eigenvalue weighted by Crippen LogP contribution is 2.17. The van der Waals surface area contributed by atoms with E-state index in [0.717, 1.165) is 18.4 Å². The Kier molecular flexibility index (Phi) is 5.33. The first-order valence-electron chi connectivity index (χ1n) is 7.41. The Hall–Kier alpha value is -1.88. The minimum atomic E-state index is -0.258. The fourth-order valence-corrected chi connectivity index (χ4v) is 2.70. The van der Waals surface area contributed by atoms with Crippen molar-refractivity contribution in [1.29, 1.82) is 0 Å². The van der Waals surface area contributed by atoms with Gasteiger partial charge >= 0.3 is 0 Å². The lowest BCUT2D eigenvalue weighted by molar-refractivity contribution is -0.132. The number of nitrogens with one attached hydrogen (secondary N) is 1. The molecule has 1 fully saturated rings. The number of carbonyl (C=O) groups is 2. The highest BCUT2D eigenvalue weighted by atomic mass is 16.2. The maximum Gasteiger partial charge on any atom is 0.224 e. The highest BCUT2D eigenvalue weighted by Gasteiger charge is 2.24. The van der Waals surface area contributed by atoms with Crippen LogP contribution in [0, 0.1) is 0 Å². The number of carbonyl (C=O) groups excluding carboxylic acids is 2. The summed E-state index contributed by atoms with van der Waals surface area (Å²) in [6.45, 7) is 2.90. The Bertz CT molecular complexity index is 482. The van der Waals surface area contributed by atoms with Crippen molar-refractivity contribution >= 4 is 11.8 Å². The molecule has 1 aromatic rings. The summed E-state index contributed by atoms with van der Waals surface area (Å²) in [5.41, 5.74) is 7.08. The number of amides is 2. The summed E-state index contributed by atoms with van der Waals surface area (Å²) in [5, 5.41) is 2.91. The van der Waals surface area contributed by atoms with Crippen LogP contribution in [0.25, 0.3) is 0 Å². The third-order valence-electron chi connectivity index (χ3n) is 3.88. The molecule has 3 N–H and O–H groups in total. The molecular weight excluding hydrogens is 266 g/mol. The van der Waals surface area contributed by atoms with Gasteiger partial charge in [0.2, 0.25) is 11.8 Å². The number of nitrogens with two attached hydrogens (primary N) is 1. The standard InChI is InChI=1S/C16H23N3O2/c1-12(20)18-14-7-9-19(10-8-14)16(21)11-15(17)13-5-3-2-4-6-13/h2-6,14-15H,7-11,17H2,1H3,(H,18,20). The van der Waals surface area contributed by atoms with Gasteiger partial charge in [-0.05, 0) is 18.4 Å². The second-order valence-corrected chi connectivity index (χ2v) is 5.58. The van der Waals surface area contributed by atoms with Crippen LogP contribution in [0.2, 0.25) is 0 Å². The van der Waals surface area contributed by atoms with Gasteiger partial charge in [-0.25, -0.2) is 0 Å².